The zero-order chi connectivity index (χ0) is 20.0. The number of carbonyl (C=O) groups excluding carboxylic acids is 2. The van der Waals surface area contributed by atoms with Gasteiger partial charge in [-0.05, 0) is 36.4 Å². The van der Waals surface area contributed by atoms with E-state index in [1.807, 2.05) is 0 Å². The lowest BCUT2D eigenvalue weighted by atomic mass is 10.1. The van der Waals surface area contributed by atoms with Crippen molar-refractivity contribution in [3.63, 3.8) is 0 Å². The average Bonchev–Trinajstić information content (AvgIpc) is 2.61. The van der Waals surface area contributed by atoms with Crippen LogP contribution < -0.4 is 14.8 Å². The first-order valence-electron chi connectivity index (χ1n) is 7.75. The van der Waals surface area contributed by atoms with E-state index >= 15 is 0 Å². The van der Waals surface area contributed by atoms with Crippen molar-refractivity contribution >= 4 is 38.8 Å². The second kappa shape index (κ2) is 8.88. The number of Topliss-reactive ketones (excluding diaryl/α,β-unsaturated/α-hetero) is 1. The third kappa shape index (κ3) is 5.97. The zero-order valence-corrected chi connectivity index (χ0v) is 16.3. The molecule has 0 spiro atoms. The molecule has 0 saturated carbocycles. The van der Waals surface area contributed by atoms with Crippen LogP contribution in [-0.4, -0.2) is 45.8 Å². The molecule has 0 aliphatic rings. The van der Waals surface area contributed by atoms with Crippen molar-refractivity contribution in [3.8, 4) is 11.5 Å². The Morgan fingerprint density at radius 2 is 1.59 bits per heavy atom. The summed E-state index contributed by atoms with van der Waals surface area (Å²) in [5.41, 5.74) is 0.556. The number of amides is 1. The molecule has 0 aliphatic heterocycles. The van der Waals surface area contributed by atoms with Crippen LogP contribution in [0.25, 0.3) is 0 Å². The number of ketones is 1. The monoisotopic (exact) mass is 411 g/mol. The zero-order valence-electron chi connectivity index (χ0n) is 14.7. The van der Waals surface area contributed by atoms with Gasteiger partial charge >= 0.3 is 0 Å². The maximum atomic E-state index is 12.2. The van der Waals surface area contributed by atoms with E-state index in [9.17, 15) is 18.0 Å². The number of halogens is 1. The fraction of sp³-hybridized carbons (Fsp3) is 0.222. The van der Waals surface area contributed by atoms with Crippen LogP contribution in [-0.2, 0) is 14.6 Å². The van der Waals surface area contributed by atoms with Crippen molar-refractivity contribution in [2.45, 2.75) is 0 Å². The third-order valence-corrected chi connectivity index (χ3v) is 5.19. The number of anilines is 1. The van der Waals surface area contributed by atoms with E-state index in [2.05, 4.69) is 5.32 Å². The number of hydrogen-bond acceptors (Lipinski definition) is 6. The highest BCUT2D eigenvalue weighted by atomic mass is 35.5. The molecule has 0 aromatic heterocycles. The Kier molecular flexibility index (Phi) is 6.81. The lowest BCUT2D eigenvalue weighted by Gasteiger charge is -2.10. The first-order chi connectivity index (χ1) is 12.7. The Bertz CT molecular complexity index is 941. The van der Waals surface area contributed by atoms with Gasteiger partial charge in [-0.3, -0.25) is 9.59 Å². The molecule has 0 heterocycles. The maximum absolute atomic E-state index is 12.2. The van der Waals surface area contributed by atoms with Crippen molar-refractivity contribution in [3.05, 3.63) is 53.1 Å². The van der Waals surface area contributed by atoms with Gasteiger partial charge in [0.25, 0.3) is 0 Å². The minimum absolute atomic E-state index is 0.211. The van der Waals surface area contributed by atoms with E-state index in [-0.39, 0.29) is 5.56 Å². The second-order valence-electron chi connectivity index (χ2n) is 5.58. The molecular weight excluding hydrogens is 394 g/mol. The molecular formula is C18H18ClNO6S. The molecule has 2 aromatic carbocycles. The SMILES string of the molecule is COc1ccc(NC(=O)CS(=O)(=O)CC(=O)c2ccc(Cl)cc2)cc1OC. The van der Waals surface area contributed by atoms with Crippen molar-refractivity contribution in [1.82, 2.24) is 0 Å². The lowest BCUT2D eigenvalue weighted by molar-refractivity contribution is -0.113. The summed E-state index contributed by atoms with van der Waals surface area (Å²) >= 11 is 5.74. The number of sulfone groups is 1. The molecule has 0 fully saturated rings. The van der Waals surface area contributed by atoms with Crippen LogP contribution in [0.2, 0.25) is 5.02 Å². The smallest absolute Gasteiger partial charge is 0.239 e. The van der Waals surface area contributed by atoms with Gasteiger partial charge in [0.15, 0.2) is 27.1 Å². The van der Waals surface area contributed by atoms with Crippen LogP contribution in [0.3, 0.4) is 0 Å². The molecule has 1 N–H and O–H groups in total. The first-order valence-corrected chi connectivity index (χ1v) is 9.95. The molecule has 0 unspecified atom stereocenters. The molecule has 144 valence electrons. The Labute approximate surface area is 162 Å². The number of methoxy groups -OCH3 is 2. The minimum atomic E-state index is -3.94. The average molecular weight is 412 g/mol. The van der Waals surface area contributed by atoms with Crippen LogP contribution in [0.15, 0.2) is 42.5 Å². The van der Waals surface area contributed by atoms with E-state index in [0.29, 0.717) is 22.2 Å². The number of carbonyl (C=O) groups is 2. The van der Waals surface area contributed by atoms with Crippen molar-refractivity contribution < 1.29 is 27.5 Å². The summed E-state index contributed by atoms with van der Waals surface area (Å²) < 4.78 is 34.5. The quantitative estimate of drug-likeness (QED) is 0.670. The fourth-order valence-corrected chi connectivity index (χ4v) is 3.55. The van der Waals surface area contributed by atoms with Gasteiger partial charge in [0.1, 0.15) is 11.5 Å². The van der Waals surface area contributed by atoms with Gasteiger partial charge in [0.2, 0.25) is 5.91 Å². The van der Waals surface area contributed by atoms with E-state index in [4.69, 9.17) is 21.1 Å². The Morgan fingerprint density at radius 1 is 0.963 bits per heavy atom. The first kappa shape index (κ1) is 20.7. The molecule has 2 rings (SSSR count). The van der Waals surface area contributed by atoms with Gasteiger partial charge in [-0.25, -0.2) is 8.42 Å². The van der Waals surface area contributed by atoms with Gasteiger partial charge in [0, 0.05) is 22.3 Å². The highest BCUT2D eigenvalue weighted by Gasteiger charge is 2.22. The van der Waals surface area contributed by atoms with Crippen LogP contribution in [0.1, 0.15) is 10.4 Å². The molecule has 1 amide bonds. The van der Waals surface area contributed by atoms with Crippen LogP contribution in [0, 0.1) is 0 Å². The van der Waals surface area contributed by atoms with Crippen LogP contribution in [0.5, 0.6) is 11.5 Å². The molecule has 9 heteroatoms. The number of ether oxygens (including phenoxy) is 2. The molecule has 2 aromatic rings. The van der Waals surface area contributed by atoms with Crippen LogP contribution >= 0.6 is 11.6 Å². The number of benzene rings is 2. The van der Waals surface area contributed by atoms with Crippen molar-refractivity contribution in [1.29, 1.82) is 0 Å². The molecule has 0 bridgehead atoms. The number of nitrogens with one attached hydrogen (secondary N) is 1. The third-order valence-electron chi connectivity index (χ3n) is 3.54. The van der Waals surface area contributed by atoms with Crippen LogP contribution in [0.4, 0.5) is 5.69 Å². The normalized spacial score (nSPS) is 10.9. The van der Waals surface area contributed by atoms with E-state index in [1.54, 1.807) is 12.1 Å². The van der Waals surface area contributed by atoms with E-state index in [0.717, 1.165) is 0 Å². The molecule has 0 saturated heterocycles. The summed E-state index contributed by atoms with van der Waals surface area (Å²) in [5, 5.41) is 2.90. The van der Waals surface area contributed by atoms with Gasteiger partial charge in [-0.1, -0.05) is 11.6 Å². The Hall–Kier alpha value is -2.58. The molecule has 0 radical (unpaired) electrons. The molecule has 0 atom stereocenters. The Balaban J connectivity index is 2.01. The predicted octanol–water partition coefficient (Wildman–Crippen LogP) is 2.59. The van der Waals surface area contributed by atoms with Gasteiger partial charge in [-0.15, -0.1) is 0 Å². The Morgan fingerprint density at radius 3 is 2.19 bits per heavy atom. The van der Waals surface area contributed by atoms with E-state index < -0.39 is 33.0 Å². The topological polar surface area (TPSA) is 98.8 Å². The number of rotatable bonds is 8. The molecule has 27 heavy (non-hydrogen) atoms. The highest BCUT2D eigenvalue weighted by Crippen LogP contribution is 2.29. The summed E-state index contributed by atoms with van der Waals surface area (Å²) in [5.74, 6) is -2.10. The predicted molar refractivity (Wildman–Crippen MR) is 103 cm³/mol. The van der Waals surface area contributed by atoms with Crippen molar-refractivity contribution in [2.24, 2.45) is 0 Å². The summed E-state index contributed by atoms with van der Waals surface area (Å²) in [6.07, 6.45) is 0. The van der Waals surface area contributed by atoms with Gasteiger partial charge in [0.05, 0.1) is 14.2 Å². The summed E-state index contributed by atoms with van der Waals surface area (Å²) in [7, 11) is -1.02. The van der Waals surface area contributed by atoms with Crippen molar-refractivity contribution in [2.75, 3.05) is 31.0 Å². The summed E-state index contributed by atoms with van der Waals surface area (Å²) in [6.45, 7) is 0. The maximum Gasteiger partial charge on any atom is 0.239 e. The molecule has 7 nitrogen and oxygen atoms in total. The van der Waals surface area contributed by atoms with Gasteiger partial charge in [-0.2, -0.15) is 0 Å². The highest BCUT2D eigenvalue weighted by molar-refractivity contribution is 7.92. The summed E-state index contributed by atoms with van der Waals surface area (Å²) in [4.78, 5) is 24.1. The number of hydrogen-bond donors (Lipinski definition) is 1. The standard InChI is InChI=1S/C18H18ClNO6S/c1-25-16-8-7-14(9-17(16)26-2)20-18(22)11-27(23,24)10-15(21)12-3-5-13(19)6-4-12/h3-9H,10-11H2,1-2H3,(H,20,22). The van der Waals surface area contributed by atoms with Gasteiger partial charge < -0.3 is 14.8 Å². The molecule has 0 aliphatic carbocycles. The van der Waals surface area contributed by atoms with E-state index in [1.165, 1.54) is 44.6 Å². The minimum Gasteiger partial charge on any atom is -0.493 e. The largest absolute Gasteiger partial charge is 0.493 e. The summed E-state index contributed by atoms with van der Waals surface area (Å²) in [6, 6.07) is 10.5. The fourth-order valence-electron chi connectivity index (χ4n) is 2.28. The lowest BCUT2D eigenvalue weighted by Crippen LogP contribution is -2.27. The second-order valence-corrected chi connectivity index (χ2v) is 8.08.